The quantitative estimate of drug-likeness (QED) is 0.722. The van der Waals surface area contributed by atoms with E-state index in [4.69, 9.17) is 5.73 Å². The summed E-state index contributed by atoms with van der Waals surface area (Å²) in [6.07, 6.45) is 0.760. The Hall–Kier alpha value is -1.10. The van der Waals surface area contributed by atoms with E-state index in [0.29, 0.717) is 12.5 Å². The van der Waals surface area contributed by atoms with Crippen molar-refractivity contribution in [2.75, 3.05) is 34.2 Å². The summed E-state index contributed by atoms with van der Waals surface area (Å²) in [6, 6.07) is 0. The highest BCUT2D eigenvalue weighted by Crippen LogP contribution is 2.13. The van der Waals surface area contributed by atoms with E-state index in [1.807, 2.05) is 0 Å². The fraction of sp³-hybridized carbons (Fsp3) is 0.833. The zero-order valence-electron chi connectivity index (χ0n) is 11.6. The van der Waals surface area contributed by atoms with E-state index >= 15 is 0 Å². The Morgan fingerprint density at radius 3 is 2.06 bits per heavy atom. The number of carbonyl (C=O) groups excluding carboxylic acids is 2. The Balaban J connectivity index is 4.40. The SMILES string of the molecule is CC(C)CC(CN)C(=O)N(C)CC(=O)N(C)C. The van der Waals surface area contributed by atoms with Crippen molar-refractivity contribution in [2.24, 2.45) is 17.6 Å². The summed E-state index contributed by atoms with van der Waals surface area (Å²) in [5.74, 6) is 0.109. The molecule has 0 heterocycles. The number of nitrogens with zero attached hydrogens (tertiary/aromatic N) is 2. The third-order valence-corrected chi connectivity index (χ3v) is 2.64. The number of nitrogens with two attached hydrogens (primary N) is 1. The molecule has 0 radical (unpaired) electrons. The first-order valence-corrected chi connectivity index (χ1v) is 5.94. The van der Waals surface area contributed by atoms with Gasteiger partial charge in [0.15, 0.2) is 0 Å². The van der Waals surface area contributed by atoms with Gasteiger partial charge in [-0.25, -0.2) is 0 Å². The number of likely N-dealkylation sites (N-methyl/N-ethyl adjacent to an activating group) is 2. The fourth-order valence-corrected chi connectivity index (χ4v) is 1.60. The molecule has 0 saturated carbocycles. The molecule has 0 aliphatic carbocycles. The van der Waals surface area contributed by atoms with E-state index in [2.05, 4.69) is 13.8 Å². The predicted octanol–water partition coefficient (Wildman–Crippen LogP) is 0.154. The minimum Gasteiger partial charge on any atom is -0.347 e. The average Bonchev–Trinajstić information content (AvgIpc) is 2.24. The highest BCUT2D eigenvalue weighted by Gasteiger charge is 2.23. The normalized spacial score (nSPS) is 12.4. The van der Waals surface area contributed by atoms with Gasteiger partial charge in [-0.3, -0.25) is 9.59 Å². The highest BCUT2D eigenvalue weighted by molar-refractivity contribution is 5.85. The molecule has 100 valence electrons. The molecule has 17 heavy (non-hydrogen) atoms. The van der Waals surface area contributed by atoms with Gasteiger partial charge >= 0.3 is 0 Å². The van der Waals surface area contributed by atoms with Crippen LogP contribution in [0.25, 0.3) is 0 Å². The molecule has 5 nitrogen and oxygen atoms in total. The van der Waals surface area contributed by atoms with Crippen LogP contribution in [-0.2, 0) is 9.59 Å². The van der Waals surface area contributed by atoms with Gasteiger partial charge < -0.3 is 15.5 Å². The Labute approximate surface area is 104 Å². The summed E-state index contributed by atoms with van der Waals surface area (Å²) in [6.45, 7) is 4.56. The second-order valence-corrected chi connectivity index (χ2v) is 5.04. The van der Waals surface area contributed by atoms with Crippen molar-refractivity contribution >= 4 is 11.8 Å². The van der Waals surface area contributed by atoms with Crippen molar-refractivity contribution in [1.29, 1.82) is 0 Å². The van der Waals surface area contributed by atoms with Crippen molar-refractivity contribution in [3.8, 4) is 0 Å². The monoisotopic (exact) mass is 243 g/mol. The minimum atomic E-state index is -0.185. The van der Waals surface area contributed by atoms with Gasteiger partial charge in [0, 0.05) is 27.7 Å². The van der Waals surface area contributed by atoms with Gasteiger partial charge in [-0.2, -0.15) is 0 Å². The van der Waals surface area contributed by atoms with E-state index in [9.17, 15) is 9.59 Å². The first-order valence-electron chi connectivity index (χ1n) is 5.94. The van der Waals surface area contributed by atoms with Crippen molar-refractivity contribution in [2.45, 2.75) is 20.3 Å². The van der Waals surface area contributed by atoms with E-state index in [1.54, 1.807) is 21.1 Å². The molecular formula is C12H25N3O2. The summed E-state index contributed by atoms with van der Waals surface area (Å²) < 4.78 is 0. The van der Waals surface area contributed by atoms with E-state index in [1.165, 1.54) is 9.80 Å². The van der Waals surface area contributed by atoms with Crippen molar-refractivity contribution in [3.05, 3.63) is 0 Å². The van der Waals surface area contributed by atoms with E-state index in [-0.39, 0.29) is 24.3 Å². The predicted molar refractivity (Wildman–Crippen MR) is 68.3 cm³/mol. The zero-order valence-corrected chi connectivity index (χ0v) is 11.6. The Morgan fingerprint density at radius 2 is 1.71 bits per heavy atom. The molecular weight excluding hydrogens is 218 g/mol. The summed E-state index contributed by atoms with van der Waals surface area (Å²) in [5, 5.41) is 0. The maximum Gasteiger partial charge on any atom is 0.241 e. The number of hydrogen-bond donors (Lipinski definition) is 1. The largest absolute Gasteiger partial charge is 0.347 e. The second-order valence-electron chi connectivity index (χ2n) is 5.04. The van der Waals surface area contributed by atoms with Crippen LogP contribution in [0.1, 0.15) is 20.3 Å². The highest BCUT2D eigenvalue weighted by atomic mass is 16.2. The molecule has 5 heteroatoms. The standard InChI is InChI=1S/C12H25N3O2/c1-9(2)6-10(7-13)12(17)15(5)8-11(16)14(3)4/h9-10H,6-8,13H2,1-5H3. The number of carbonyl (C=O) groups is 2. The van der Waals surface area contributed by atoms with Crippen molar-refractivity contribution < 1.29 is 9.59 Å². The molecule has 0 fully saturated rings. The molecule has 0 aliphatic rings. The lowest BCUT2D eigenvalue weighted by molar-refractivity contribution is -0.140. The van der Waals surface area contributed by atoms with Gasteiger partial charge in [-0.15, -0.1) is 0 Å². The molecule has 1 unspecified atom stereocenters. The van der Waals surface area contributed by atoms with Gasteiger partial charge in [0.05, 0.1) is 12.5 Å². The first-order chi connectivity index (χ1) is 7.79. The molecule has 0 rings (SSSR count). The Bertz CT molecular complexity index is 264. The second kappa shape index (κ2) is 7.27. The molecule has 0 aromatic carbocycles. The molecule has 2 N–H and O–H groups in total. The van der Waals surface area contributed by atoms with Gasteiger partial charge in [-0.05, 0) is 12.3 Å². The molecule has 1 atom stereocenters. The third kappa shape index (κ3) is 5.68. The summed E-state index contributed by atoms with van der Waals surface area (Å²) in [4.78, 5) is 26.5. The van der Waals surface area contributed by atoms with Gasteiger partial charge in [0.2, 0.25) is 11.8 Å². The van der Waals surface area contributed by atoms with Crippen molar-refractivity contribution in [1.82, 2.24) is 9.80 Å². The van der Waals surface area contributed by atoms with Crippen LogP contribution in [0.15, 0.2) is 0 Å². The summed E-state index contributed by atoms with van der Waals surface area (Å²) >= 11 is 0. The lowest BCUT2D eigenvalue weighted by atomic mass is 9.96. The maximum absolute atomic E-state index is 12.0. The molecule has 0 saturated heterocycles. The molecule has 0 aliphatic heterocycles. The third-order valence-electron chi connectivity index (χ3n) is 2.64. The number of amides is 2. The van der Waals surface area contributed by atoms with Crippen LogP contribution in [0.3, 0.4) is 0 Å². The van der Waals surface area contributed by atoms with Crippen LogP contribution < -0.4 is 5.73 Å². The Kier molecular flexibility index (Phi) is 6.80. The smallest absolute Gasteiger partial charge is 0.241 e. The van der Waals surface area contributed by atoms with E-state index in [0.717, 1.165) is 6.42 Å². The summed E-state index contributed by atoms with van der Waals surface area (Å²) in [5.41, 5.74) is 5.61. The first kappa shape index (κ1) is 15.9. The molecule has 0 spiro atoms. The van der Waals surface area contributed by atoms with Crippen LogP contribution in [0, 0.1) is 11.8 Å². The maximum atomic E-state index is 12.0. The molecule has 0 aromatic rings. The molecule has 0 bridgehead atoms. The summed E-state index contributed by atoms with van der Waals surface area (Å²) in [7, 11) is 5.00. The van der Waals surface area contributed by atoms with Crippen LogP contribution in [-0.4, -0.2) is 55.8 Å². The molecule has 0 aromatic heterocycles. The lowest BCUT2D eigenvalue weighted by Gasteiger charge is -2.24. The van der Waals surface area contributed by atoms with Crippen molar-refractivity contribution in [3.63, 3.8) is 0 Å². The van der Waals surface area contributed by atoms with Gasteiger partial charge in [0.1, 0.15) is 0 Å². The minimum absolute atomic E-state index is 0.0450. The van der Waals surface area contributed by atoms with E-state index < -0.39 is 0 Å². The Morgan fingerprint density at radius 1 is 1.18 bits per heavy atom. The average molecular weight is 243 g/mol. The van der Waals surface area contributed by atoms with Crippen LogP contribution >= 0.6 is 0 Å². The van der Waals surface area contributed by atoms with Gasteiger partial charge in [-0.1, -0.05) is 13.8 Å². The zero-order chi connectivity index (χ0) is 13.6. The fourth-order valence-electron chi connectivity index (χ4n) is 1.60. The van der Waals surface area contributed by atoms with Gasteiger partial charge in [0.25, 0.3) is 0 Å². The van der Waals surface area contributed by atoms with Crippen LogP contribution in [0.2, 0.25) is 0 Å². The number of rotatable bonds is 6. The van der Waals surface area contributed by atoms with Crippen LogP contribution in [0.4, 0.5) is 0 Å². The lowest BCUT2D eigenvalue weighted by Crippen LogP contribution is -2.42. The topological polar surface area (TPSA) is 66.6 Å². The van der Waals surface area contributed by atoms with Crippen LogP contribution in [0.5, 0.6) is 0 Å². The molecule has 2 amide bonds. The number of hydrogen-bond acceptors (Lipinski definition) is 3.